The van der Waals surface area contributed by atoms with Crippen LogP contribution in [0.4, 0.5) is 8.78 Å². The predicted molar refractivity (Wildman–Crippen MR) is 172 cm³/mol. The maximum atomic E-state index is 16.8. The third-order valence-electron chi connectivity index (χ3n) is 9.49. The van der Waals surface area contributed by atoms with E-state index in [9.17, 15) is 14.7 Å². The highest BCUT2D eigenvalue weighted by atomic mass is 35.5. The van der Waals surface area contributed by atoms with E-state index in [0.717, 1.165) is 6.07 Å². The van der Waals surface area contributed by atoms with Crippen molar-refractivity contribution in [1.29, 1.82) is 0 Å². The highest BCUT2D eigenvalue weighted by Gasteiger charge is 2.58. The Hall–Kier alpha value is -3.08. The molecular formula is C35H38Cl2F2N2O5. The molecule has 1 fully saturated rings. The van der Waals surface area contributed by atoms with E-state index in [-0.39, 0.29) is 49.0 Å². The molecule has 0 radical (unpaired) electrons. The lowest BCUT2D eigenvalue weighted by Crippen LogP contribution is -2.54. The van der Waals surface area contributed by atoms with E-state index in [1.807, 2.05) is 11.9 Å². The van der Waals surface area contributed by atoms with Crippen molar-refractivity contribution in [2.24, 2.45) is 0 Å². The van der Waals surface area contributed by atoms with Gasteiger partial charge in [0, 0.05) is 35.8 Å². The van der Waals surface area contributed by atoms with Gasteiger partial charge in [0.2, 0.25) is 0 Å². The van der Waals surface area contributed by atoms with Crippen molar-refractivity contribution in [3.05, 3.63) is 104 Å². The maximum Gasteiger partial charge on any atom is 0.308 e. The highest BCUT2D eigenvalue weighted by molar-refractivity contribution is 6.30. The van der Waals surface area contributed by atoms with Crippen LogP contribution in [0.1, 0.15) is 78.2 Å². The molecule has 0 saturated carbocycles. The van der Waals surface area contributed by atoms with E-state index < -0.39 is 40.7 Å². The number of aliphatic hydroxyl groups is 1. The van der Waals surface area contributed by atoms with Crippen LogP contribution in [0.2, 0.25) is 10.0 Å². The van der Waals surface area contributed by atoms with Gasteiger partial charge in [-0.25, -0.2) is 8.78 Å². The number of halogens is 4. The van der Waals surface area contributed by atoms with Gasteiger partial charge in [-0.1, -0.05) is 54.4 Å². The van der Waals surface area contributed by atoms with E-state index in [4.69, 9.17) is 32.7 Å². The molecule has 0 spiro atoms. The van der Waals surface area contributed by atoms with E-state index in [0.29, 0.717) is 34.3 Å². The van der Waals surface area contributed by atoms with Crippen LogP contribution in [-0.2, 0) is 25.6 Å². The summed E-state index contributed by atoms with van der Waals surface area (Å²) >= 11 is 12.4. The average Bonchev–Trinajstić information content (AvgIpc) is 3.30. The first-order valence-corrected chi connectivity index (χ1v) is 16.1. The number of ether oxygens (including phenoxy) is 2. The summed E-state index contributed by atoms with van der Waals surface area (Å²) in [4.78, 5) is 31.1. The Labute approximate surface area is 278 Å². The molecule has 3 unspecified atom stereocenters. The van der Waals surface area contributed by atoms with Crippen molar-refractivity contribution in [1.82, 2.24) is 9.80 Å². The summed E-state index contributed by atoms with van der Waals surface area (Å²) in [7, 11) is 3.22. The minimum atomic E-state index is -2.08. The molecule has 1 saturated heterocycles. The first-order chi connectivity index (χ1) is 21.8. The molecule has 7 nitrogen and oxygen atoms in total. The largest absolute Gasteiger partial charge is 0.466 e. The number of carbonyl (C=O) groups is 2. The summed E-state index contributed by atoms with van der Waals surface area (Å²) < 4.78 is 45.0. The number of rotatable bonds is 10. The Bertz CT molecular complexity index is 1600. The quantitative estimate of drug-likeness (QED) is 0.230. The fourth-order valence-corrected chi connectivity index (χ4v) is 7.23. The molecule has 3 atom stereocenters. The molecule has 11 heteroatoms. The van der Waals surface area contributed by atoms with Gasteiger partial charge in [-0.2, -0.15) is 0 Å². The fourth-order valence-electron chi connectivity index (χ4n) is 6.98. The molecule has 1 N–H and O–H groups in total. The number of esters is 1. The van der Waals surface area contributed by atoms with Gasteiger partial charge in [-0.05, 0) is 80.8 Å². The highest BCUT2D eigenvalue weighted by Crippen LogP contribution is 2.53. The molecule has 0 aromatic heterocycles. The Morgan fingerprint density at radius 2 is 1.63 bits per heavy atom. The minimum Gasteiger partial charge on any atom is -0.466 e. The fraction of sp³-hybridized carbons (Fsp3) is 0.429. The van der Waals surface area contributed by atoms with Crippen molar-refractivity contribution >= 4 is 35.1 Å². The van der Waals surface area contributed by atoms with Crippen molar-refractivity contribution < 1.29 is 33.0 Å². The van der Waals surface area contributed by atoms with Crippen molar-refractivity contribution in [2.75, 3.05) is 33.9 Å². The van der Waals surface area contributed by atoms with Crippen LogP contribution in [0, 0.1) is 5.82 Å². The van der Waals surface area contributed by atoms with Gasteiger partial charge in [0.15, 0.2) is 5.72 Å². The summed E-state index contributed by atoms with van der Waals surface area (Å²) in [5.41, 5.74) is -5.40. The van der Waals surface area contributed by atoms with Gasteiger partial charge < -0.3 is 19.5 Å². The van der Waals surface area contributed by atoms with Gasteiger partial charge in [-0.15, -0.1) is 0 Å². The van der Waals surface area contributed by atoms with E-state index >= 15 is 8.78 Å². The van der Waals surface area contributed by atoms with Gasteiger partial charge in [0.05, 0.1) is 30.2 Å². The third-order valence-corrected chi connectivity index (χ3v) is 9.99. The normalized spacial score (nSPS) is 21.5. The average molecular weight is 676 g/mol. The first kappa shape index (κ1) is 34.3. The maximum absolute atomic E-state index is 16.8. The molecule has 46 heavy (non-hydrogen) atoms. The number of likely N-dealkylation sites (tertiary alicyclic amines) is 1. The lowest BCUT2D eigenvalue weighted by atomic mass is 9.71. The number of nitrogens with zero attached hydrogens (tertiary/aromatic N) is 2. The number of benzene rings is 3. The zero-order valence-corrected chi connectivity index (χ0v) is 27.8. The molecule has 3 aromatic carbocycles. The number of methoxy groups -OCH3 is 1. The van der Waals surface area contributed by atoms with Crippen molar-refractivity contribution in [2.45, 2.75) is 62.6 Å². The molecule has 5 rings (SSSR count). The lowest BCUT2D eigenvalue weighted by Gasteiger charge is -2.46. The van der Waals surface area contributed by atoms with E-state index in [2.05, 4.69) is 0 Å². The third kappa shape index (κ3) is 5.70. The number of carbonyl (C=O) groups excluding carboxylic acids is 2. The predicted octanol–water partition coefficient (Wildman–Crippen LogP) is 7.16. The van der Waals surface area contributed by atoms with Crippen LogP contribution in [0.25, 0.3) is 0 Å². The Balaban J connectivity index is 1.76. The lowest BCUT2D eigenvalue weighted by molar-refractivity contribution is -0.148. The standard InChI is InChI=1S/C35H38Cl2F2N2O5/c1-5-34(44,33(39)15-17-40(3)18-16-33)24-19-27-31(28(38)20-24)35(45-4,23-9-13-26(37)14-10-23)41(32(27)43)29(21-30(42)46-6-2)22-7-11-25(36)12-8-22/h7-14,19-20,29,44H,5-6,15-18,21H2,1-4H3. The number of alkyl halides is 1. The number of amides is 1. The van der Waals surface area contributed by atoms with Crippen LogP contribution in [0.5, 0.6) is 0 Å². The second-order valence-corrected chi connectivity index (χ2v) is 12.8. The van der Waals surface area contributed by atoms with E-state index in [1.165, 1.54) is 18.1 Å². The minimum absolute atomic E-state index is 0.0388. The first-order valence-electron chi connectivity index (χ1n) is 15.4. The number of hydrogen-bond acceptors (Lipinski definition) is 6. The van der Waals surface area contributed by atoms with Crippen LogP contribution in [-0.4, -0.2) is 66.3 Å². The van der Waals surface area contributed by atoms with Crippen LogP contribution >= 0.6 is 23.2 Å². The van der Waals surface area contributed by atoms with Crippen molar-refractivity contribution in [3.63, 3.8) is 0 Å². The SMILES string of the molecule is CCOC(=O)CC(c1ccc(Cl)cc1)N1C(=O)c2cc(C(O)(CC)C3(F)CCN(C)CC3)cc(F)c2C1(OC)c1ccc(Cl)cc1. The summed E-state index contributed by atoms with van der Waals surface area (Å²) in [5, 5.41) is 12.8. The zero-order chi connectivity index (χ0) is 33.4. The zero-order valence-electron chi connectivity index (χ0n) is 26.3. The van der Waals surface area contributed by atoms with Crippen molar-refractivity contribution in [3.8, 4) is 0 Å². The van der Waals surface area contributed by atoms with E-state index in [1.54, 1.807) is 62.4 Å². The van der Waals surface area contributed by atoms with Gasteiger partial charge >= 0.3 is 5.97 Å². The van der Waals surface area contributed by atoms with Gasteiger partial charge in [0.25, 0.3) is 5.91 Å². The Morgan fingerprint density at radius 3 is 2.17 bits per heavy atom. The van der Waals surface area contributed by atoms with Crippen LogP contribution in [0.15, 0.2) is 60.7 Å². The van der Waals surface area contributed by atoms with Crippen LogP contribution in [0.3, 0.4) is 0 Å². The molecule has 2 aliphatic rings. The van der Waals surface area contributed by atoms with Gasteiger partial charge in [-0.3, -0.25) is 14.5 Å². The summed E-state index contributed by atoms with van der Waals surface area (Å²) in [6.07, 6.45) is -0.260. The monoisotopic (exact) mass is 674 g/mol. The molecule has 1 amide bonds. The Morgan fingerprint density at radius 1 is 1.04 bits per heavy atom. The summed E-state index contributed by atoms with van der Waals surface area (Å²) in [6.45, 7) is 4.26. The number of fused-ring (bicyclic) bond motifs is 1. The molecule has 0 aliphatic carbocycles. The topological polar surface area (TPSA) is 79.3 Å². The molecular weight excluding hydrogens is 637 g/mol. The molecule has 2 aliphatic heterocycles. The van der Waals surface area contributed by atoms with Gasteiger partial charge in [0.1, 0.15) is 17.1 Å². The molecule has 2 heterocycles. The molecule has 246 valence electrons. The second kappa shape index (κ2) is 13.2. The second-order valence-electron chi connectivity index (χ2n) is 12.0. The van der Waals surface area contributed by atoms with Crippen LogP contribution < -0.4 is 0 Å². The summed E-state index contributed by atoms with van der Waals surface area (Å²) in [5.74, 6) is -2.13. The molecule has 0 bridgehead atoms. The number of piperidine rings is 1. The summed E-state index contributed by atoms with van der Waals surface area (Å²) in [6, 6.07) is 14.5. The number of hydrogen-bond donors (Lipinski definition) is 1. The Kier molecular flexibility index (Phi) is 9.83. The smallest absolute Gasteiger partial charge is 0.308 e. The molecule has 3 aromatic rings.